The van der Waals surface area contributed by atoms with Gasteiger partial charge in [-0.25, -0.2) is 4.98 Å². The van der Waals surface area contributed by atoms with Crippen LogP contribution in [0, 0.1) is 5.92 Å². The molecule has 0 saturated heterocycles. The summed E-state index contributed by atoms with van der Waals surface area (Å²) in [7, 11) is 0. The molecule has 2 heterocycles. The maximum Gasteiger partial charge on any atom is 0.320 e. The smallest absolute Gasteiger partial charge is 0.320 e. The Morgan fingerprint density at radius 2 is 2.53 bits per heavy atom. The molecule has 0 spiro atoms. The molecule has 5 nitrogen and oxygen atoms in total. The molecule has 2 aromatic rings. The Morgan fingerprint density at radius 3 is 3.18 bits per heavy atom. The zero-order valence-electron chi connectivity index (χ0n) is 9.17. The molecule has 90 valence electrons. The standard InChI is InChI=1S/C11H13N3O2S/c15-10(16)9(7-1-2-7)12-5-8-6-14-3-4-17-11(14)13-8/h3-4,6-7,9,12H,1-2,5H2,(H,15,16). The van der Waals surface area contributed by atoms with Gasteiger partial charge in [0, 0.05) is 24.3 Å². The van der Waals surface area contributed by atoms with Crippen molar-refractivity contribution in [2.24, 2.45) is 5.92 Å². The maximum atomic E-state index is 11.0. The molecule has 0 aliphatic heterocycles. The quantitative estimate of drug-likeness (QED) is 0.841. The number of carboxylic acids is 1. The first-order valence-electron chi connectivity index (χ1n) is 5.61. The van der Waals surface area contributed by atoms with Crippen LogP contribution in [0.4, 0.5) is 0 Å². The number of aromatic nitrogens is 2. The van der Waals surface area contributed by atoms with E-state index in [0.29, 0.717) is 12.5 Å². The fourth-order valence-electron chi connectivity index (χ4n) is 1.96. The van der Waals surface area contributed by atoms with Gasteiger partial charge in [0.1, 0.15) is 6.04 Å². The van der Waals surface area contributed by atoms with E-state index in [1.165, 1.54) is 0 Å². The van der Waals surface area contributed by atoms with Gasteiger partial charge in [0.15, 0.2) is 4.96 Å². The van der Waals surface area contributed by atoms with Crippen LogP contribution in [0.3, 0.4) is 0 Å². The van der Waals surface area contributed by atoms with Crippen LogP contribution in [0.5, 0.6) is 0 Å². The van der Waals surface area contributed by atoms with Crippen molar-refractivity contribution in [2.75, 3.05) is 0 Å². The minimum absolute atomic E-state index is 0.302. The monoisotopic (exact) mass is 251 g/mol. The Morgan fingerprint density at radius 1 is 1.71 bits per heavy atom. The zero-order valence-corrected chi connectivity index (χ0v) is 9.98. The van der Waals surface area contributed by atoms with E-state index in [0.717, 1.165) is 23.5 Å². The molecule has 1 saturated carbocycles. The highest BCUT2D eigenvalue weighted by molar-refractivity contribution is 7.15. The van der Waals surface area contributed by atoms with Gasteiger partial charge in [0.2, 0.25) is 0 Å². The highest BCUT2D eigenvalue weighted by Crippen LogP contribution is 2.32. The van der Waals surface area contributed by atoms with E-state index in [1.807, 2.05) is 22.2 Å². The largest absolute Gasteiger partial charge is 0.480 e. The molecular formula is C11H13N3O2S. The molecule has 3 rings (SSSR count). The molecule has 1 atom stereocenters. The second kappa shape index (κ2) is 4.12. The first-order valence-corrected chi connectivity index (χ1v) is 6.49. The van der Waals surface area contributed by atoms with Crippen LogP contribution in [-0.2, 0) is 11.3 Å². The van der Waals surface area contributed by atoms with Gasteiger partial charge in [-0.05, 0) is 18.8 Å². The average molecular weight is 251 g/mol. The van der Waals surface area contributed by atoms with E-state index < -0.39 is 12.0 Å². The van der Waals surface area contributed by atoms with Crippen molar-refractivity contribution in [3.8, 4) is 0 Å². The van der Waals surface area contributed by atoms with Crippen molar-refractivity contribution in [3.05, 3.63) is 23.5 Å². The molecule has 1 fully saturated rings. The van der Waals surface area contributed by atoms with Gasteiger partial charge >= 0.3 is 5.97 Å². The fraction of sp³-hybridized carbons (Fsp3) is 0.455. The third-order valence-corrected chi connectivity index (χ3v) is 3.78. The molecular weight excluding hydrogens is 238 g/mol. The lowest BCUT2D eigenvalue weighted by Crippen LogP contribution is -2.38. The average Bonchev–Trinajstić information content (AvgIpc) is 2.86. The molecule has 0 aromatic carbocycles. The van der Waals surface area contributed by atoms with E-state index >= 15 is 0 Å². The SMILES string of the molecule is O=C(O)C(NCc1cn2ccsc2n1)C1CC1. The van der Waals surface area contributed by atoms with Crippen LogP contribution < -0.4 is 5.32 Å². The zero-order chi connectivity index (χ0) is 11.8. The molecule has 1 unspecified atom stereocenters. The van der Waals surface area contributed by atoms with E-state index in [9.17, 15) is 4.79 Å². The van der Waals surface area contributed by atoms with Crippen molar-refractivity contribution in [3.63, 3.8) is 0 Å². The van der Waals surface area contributed by atoms with Gasteiger partial charge < -0.3 is 5.11 Å². The van der Waals surface area contributed by atoms with Crippen molar-refractivity contribution in [1.29, 1.82) is 0 Å². The Bertz CT molecular complexity index is 515. The number of aliphatic carboxylic acids is 1. The molecule has 17 heavy (non-hydrogen) atoms. The molecule has 6 heteroatoms. The minimum atomic E-state index is -0.756. The van der Waals surface area contributed by atoms with Gasteiger partial charge in [-0.15, -0.1) is 11.3 Å². The van der Waals surface area contributed by atoms with Gasteiger partial charge in [-0.3, -0.25) is 14.5 Å². The summed E-state index contributed by atoms with van der Waals surface area (Å²) in [6.45, 7) is 0.516. The normalized spacial score (nSPS) is 17.4. The topological polar surface area (TPSA) is 66.6 Å². The van der Waals surface area contributed by atoms with Gasteiger partial charge in [-0.1, -0.05) is 0 Å². The lowest BCUT2D eigenvalue weighted by molar-refractivity contribution is -0.140. The number of rotatable bonds is 5. The number of carboxylic acid groups (broad SMARTS) is 1. The number of fused-ring (bicyclic) bond motifs is 1. The third-order valence-electron chi connectivity index (χ3n) is 3.01. The number of thiazole rings is 1. The highest BCUT2D eigenvalue weighted by atomic mass is 32.1. The van der Waals surface area contributed by atoms with Gasteiger partial charge in [0.05, 0.1) is 5.69 Å². The van der Waals surface area contributed by atoms with Crippen LogP contribution in [0.2, 0.25) is 0 Å². The Hall–Kier alpha value is -1.40. The molecule has 1 aliphatic carbocycles. The molecule has 0 amide bonds. The summed E-state index contributed by atoms with van der Waals surface area (Å²) < 4.78 is 1.95. The number of hydrogen-bond donors (Lipinski definition) is 2. The lowest BCUT2D eigenvalue weighted by atomic mass is 10.2. The number of hydrogen-bond acceptors (Lipinski definition) is 4. The molecule has 0 bridgehead atoms. The summed E-state index contributed by atoms with van der Waals surface area (Å²) >= 11 is 1.58. The second-order valence-electron chi connectivity index (χ2n) is 4.36. The maximum absolute atomic E-state index is 11.0. The molecule has 0 radical (unpaired) electrons. The van der Waals surface area contributed by atoms with E-state index in [4.69, 9.17) is 5.11 Å². The van der Waals surface area contributed by atoms with E-state index in [1.54, 1.807) is 11.3 Å². The summed E-state index contributed by atoms with van der Waals surface area (Å²) in [5.74, 6) is -0.454. The van der Waals surface area contributed by atoms with Crippen molar-refractivity contribution >= 4 is 22.3 Å². The molecule has 2 aromatic heterocycles. The van der Waals surface area contributed by atoms with Crippen LogP contribution in [-0.4, -0.2) is 26.5 Å². The predicted molar refractivity (Wildman–Crippen MR) is 64.1 cm³/mol. The fourth-order valence-corrected chi connectivity index (χ4v) is 2.68. The highest BCUT2D eigenvalue weighted by Gasteiger charge is 2.35. The van der Waals surface area contributed by atoms with E-state index in [-0.39, 0.29) is 0 Å². The van der Waals surface area contributed by atoms with Crippen LogP contribution in [0.15, 0.2) is 17.8 Å². The molecule has 2 N–H and O–H groups in total. The van der Waals surface area contributed by atoms with Gasteiger partial charge in [-0.2, -0.15) is 0 Å². The Labute approximate surface area is 102 Å². The number of nitrogens with one attached hydrogen (secondary N) is 1. The summed E-state index contributed by atoms with van der Waals surface area (Å²) in [4.78, 5) is 16.4. The summed E-state index contributed by atoms with van der Waals surface area (Å²) in [6.07, 6.45) is 5.92. The predicted octanol–water partition coefficient (Wildman–Crippen LogP) is 1.35. The van der Waals surface area contributed by atoms with Crippen LogP contribution in [0.1, 0.15) is 18.5 Å². The lowest BCUT2D eigenvalue weighted by Gasteiger charge is -2.11. The van der Waals surface area contributed by atoms with E-state index in [2.05, 4.69) is 10.3 Å². The number of imidazole rings is 1. The van der Waals surface area contributed by atoms with Crippen LogP contribution >= 0.6 is 11.3 Å². The minimum Gasteiger partial charge on any atom is -0.480 e. The Balaban J connectivity index is 1.66. The van der Waals surface area contributed by atoms with Gasteiger partial charge in [0.25, 0.3) is 0 Å². The number of carbonyl (C=O) groups is 1. The van der Waals surface area contributed by atoms with Crippen molar-refractivity contribution in [1.82, 2.24) is 14.7 Å². The third kappa shape index (κ3) is 2.18. The first-order chi connectivity index (χ1) is 8.24. The summed E-state index contributed by atoms with van der Waals surface area (Å²) in [5.41, 5.74) is 0.892. The van der Waals surface area contributed by atoms with Crippen LogP contribution in [0.25, 0.3) is 4.96 Å². The van der Waals surface area contributed by atoms with Crippen molar-refractivity contribution < 1.29 is 9.90 Å². The summed E-state index contributed by atoms with van der Waals surface area (Å²) in [6, 6.07) is -0.422. The summed E-state index contributed by atoms with van der Waals surface area (Å²) in [5, 5.41) is 14.1. The Kier molecular flexibility index (Phi) is 2.60. The first kappa shape index (κ1) is 10.7. The molecule has 1 aliphatic rings. The second-order valence-corrected chi connectivity index (χ2v) is 5.23. The van der Waals surface area contributed by atoms with Crippen molar-refractivity contribution in [2.45, 2.75) is 25.4 Å². The number of nitrogens with zero attached hydrogens (tertiary/aromatic N) is 2.